The summed E-state index contributed by atoms with van der Waals surface area (Å²) in [4.78, 5) is 11.4. The molecule has 0 aliphatic heterocycles. The van der Waals surface area contributed by atoms with Gasteiger partial charge in [-0.3, -0.25) is 0 Å². The standard InChI is InChI=1S/C20H18O3/c1-23-15-19(20(21)22)18-14-8-7-13-17(18)12-6-5-11-16-9-3-2-4-10-16/h2-15H,1H3,(H,21,22)/b11-5+,12-6?,19-15+. The fourth-order valence-corrected chi connectivity index (χ4v) is 2.12. The number of hydrogen-bond acceptors (Lipinski definition) is 2. The van der Waals surface area contributed by atoms with Crippen molar-refractivity contribution in [2.75, 3.05) is 7.11 Å². The molecule has 3 heteroatoms. The van der Waals surface area contributed by atoms with E-state index in [-0.39, 0.29) is 5.57 Å². The van der Waals surface area contributed by atoms with Gasteiger partial charge in [-0.05, 0) is 16.7 Å². The molecule has 0 aliphatic carbocycles. The van der Waals surface area contributed by atoms with Gasteiger partial charge in [-0.25, -0.2) is 4.79 Å². The van der Waals surface area contributed by atoms with Crippen molar-refractivity contribution in [1.82, 2.24) is 0 Å². The quantitative estimate of drug-likeness (QED) is 0.486. The van der Waals surface area contributed by atoms with Crippen LogP contribution in [-0.4, -0.2) is 18.2 Å². The lowest BCUT2D eigenvalue weighted by atomic mass is 10.00. The average molecular weight is 306 g/mol. The topological polar surface area (TPSA) is 46.5 Å². The molecule has 0 aliphatic rings. The molecule has 1 N–H and O–H groups in total. The highest BCUT2D eigenvalue weighted by molar-refractivity contribution is 6.16. The maximum absolute atomic E-state index is 11.4. The Labute approximate surface area is 135 Å². The number of ether oxygens (including phenoxy) is 1. The van der Waals surface area contributed by atoms with E-state index in [1.54, 1.807) is 12.1 Å². The molecule has 0 radical (unpaired) electrons. The molecular formula is C20H18O3. The summed E-state index contributed by atoms with van der Waals surface area (Å²) in [7, 11) is 1.43. The summed E-state index contributed by atoms with van der Waals surface area (Å²) in [6.45, 7) is 0. The monoisotopic (exact) mass is 306 g/mol. The lowest BCUT2D eigenvalue weighted by molar-refractivity contribution is -0.130. The smallest absolute Gasteiger partial charge is 0.339 e. The van der Waals surface area contributed by atoms with Gasteiger partial charge in [-0.1, -0.05) is 78.9 Å². The first-order valence-corrected chi connectivity index (χ1v) is 7.18. The van der Waals surface area contributed by atoms with E-state index in [4.69, 9.17) is 4.74 Å². The number of hydrogen-bond donors (Lipinski definition) is 1. The van der Waals surface area contributed by atoms with E-state index in [9.17, 15) is 9.90 Å². The molecular weight excluding hydrogens is 288 g/mol. The third kappa shape index (κ3) is 4.71. The highest BCUT2D eigenvalue weighted by Gasteiger charge is 2.13. The van der Waals surface area contributed by atoms with Crippen molar-refractivity contribution in [3.63, 3.8) is 0 Å². The number of benzene rings is 2. The van der Waals surface area contributed by atoms with E-state index in [1.807, 2.05) is 66.8 Å². The molecule has 0 saturated heterocycles. The van der Waals surface area contributed by atoms with Crippen LogP contribution in [0.5, 0.6) is 0 Å². The molecule has 116 valence electrons. The van der Waals surface area contributed by atoms with Crippen LogP contribution in [-0.2, 0) is 9.53 Å². The van der Waals surface area contributed by atoms with Gasteiger partial charge in [-0.2, -0.15) is 0 Å². The van der Waals surface area contributed by atoms with Gasteiger partial charge in [0.15, 0.2) is 0 Å². The summed E-state index contributed by atoms with van der Waals surface area (Å²) < 4.78 is 4.88. The van der Waals surface area contributed by atoms with E-state index in [1.165, 1.54) is 13.4 Å². The molecule has 0 heterocycles. The molecule has 0 bridgehead atoms. The van der Waals surface area contributed by atoms with Crippen molar-refractivity contribution in [3.05, 3.63) is 89.7 Å². The lowest BCUT2D eigenvalue weighted by Crippen LogP contribution is -2.02. The third-order valence-corrected chi connectivity index (χ3v) is 3.19. The maximum atomic E-state index is 11.4. The van der Waals surface area contributed by atoms with Crippen molar-refractivity contribution < 1.29 is 14.6 Å². The molecule has 0 saturated carbocycles. The molecule has 0 unspecified atom stereocenters. The van der Waals surface area contributed by atoms with E-state index < -0.39 is 5.97 Å². The summed E-state index contributed by atoms with van der Waals surface area (Å²) in [6.07, 6.45) is 8.92. The van der Waals surface area contributed by atoms with Crippen molar-refractivity contribution in [1.29, 1.82) is 0 Å². The van der Waals surface area contributed by atoms with Crippen LogP contribution >= 0.6 is 0 Å². The fraction of sp³-hybridized carbons (Fsp3) is 0.0500. The summed E-state index contributed by atoms with van der Waals surface area (Å²) in [5, 5.41) is 9.32. The van der Waals surface area contributed by atoms with E-state index in [0.29, 0.717) is 5.56 Å². The van der Waals surface area contributed by atoms with Crippen LogP contribution < -0.4 is 0 Å². The maximum Gasteiger partial charge on any atom is 0.339 e. The Hall–Kier alpha value is -3.07. The summed E-state index contributed by atoms with van der Waals surface area (Å²) >= 11 is 0. The minimum Gasteiger partial charge on any atom is -0.503 e. The van der Waals surface area contributed by atoms with Crippen LogP contribution in [0.3, 0.4) is 0 Å². The Morgan fingerprint density at radius 2 is 1.61 bits per heavy atom. The Balaban J connectivity index is 2.24. The number of methoxy groups -OCH3 is 1. The van der Waals surface area contributed by atoms with Crippen molar-refractivity contribution in [3.8, 4) is 0 Å². The number of carbonyl (C=O) groups is 1. The third-order valence-electron chi connectivity index (χ3n) is 3.19. The molecule has 0 spiro atoms. The first-order valence-electron chi connectivity index (χ1n) is 7.18. The van der Waals surface area contributed by atoms with E-state index in [2.05, 4.69) is 0 Å². The van der Waals surface area contributed by atoms with Crippen LogP contribution in [0.15, 0.2) is 73.0 Å². The highest BCUT2D eigenvalue weighted by Crippen LogP contribution is 2.21. The molecule has 0 aromatic heterocycles. The van der Waals surface area contributed by atoms with Gasteiger partial charge in [0.05, 0.1) is 13.4 Å². The Morgan fingerprint density at radius 3 is 2.30 bits per heavy atom. The largest absolute Gasteiger partial charge is 0.503 e. The van der Waals surface area contributed by atoms with Crippen LogP contribution in [0.25, 0.3) is 17.7 Å². The number of carboxylic acid groups (broad SMARTS) is 1. The molecule has 2 aromatic carbocycles. The van der Waals surface area contributed by atoms with Crippen LogP contribution in [0, 0.1) is 0 Å². The SMILES string of the molecule is CO/C=C(/C(=O)O)c1ccccc1C=C/C=C/c1ccccc1. The summed E-state index contributed by atoms with van der Waals surface area (Å²) in [5.74, 6) is -1.02. The van der Waals surface area contributed by atoms with E-state index >= 15 is 0 Å². The first kappa shape index (κ1) is 16.3. The number of rotatable bonds is 6. The molecule has 0 fully saturated rings. The minimum atomic E-state index is -1.02. The minimum absolute atomic E-state index is 0.125. The van der Waals surface area contributed by atoms with Crippen molar-refractivity contribution in [2.45, 2.75) is 0 Å². The van der Waals surface area contributed by atoms with Gasteiger partial charge in [-0.15, -0.1) is 0 Å². The van der Waals surface area contributed by atoms with Gasteiger partial charge in [0, 0.05) is 0 Å². The summed E-state index contributed by atoms with van der Waals surface area (Å²) in [6, 6.07) is 17.3. The van der Waals surface area contributed by atoms with Gasteiger partial charge in [0.2, 0.25) is 0 Å². The predicted octanol–water partition coefficient (Wildman–Crippen LogP) is 4.49. The zero-order chi connectivity index (χ0) is 16.5. The molecule has 2 rings (SSSR count). The number of carboxylic acids is 1. The average Bonchev–Trinajstić information content (AvgIpc) is 2.58. The van der Waals surface area contributed by atoms with Crippen molar-refractivity contribution in [2.24, 2.45) is 0 Å². The van der Waals surface area contributed by atoms with Gasteiger partial charge < -0.3 is 9.84 Å². The second kappa shape index (κ2) is 8.39. The normalized spacial score (nSPS) is 12.0. The van der Waals surface area contributed by atoms with E-state index in [0.717, 1.165) is 11.1 Å². The fourth-order valence-electron chi connectivity index (χ4n) is 2.12. The van der Waals surface area contributed by atoms with Crippen LogP contribution in [0.2, 0.25) is 0 Å². The molecule has 3 nitrogen and oxygen atoms in total. The highest BCUT2D eigenvalue weighted by atomic mass is 16.5. The molecule has 0 amide bonds. The molecule has 2 aromatic rings. The second-order valence-corrected chi connectivity index (χ2v) is 4.79. The second-order valence-electron chi connectivity index (χ2n) is 4.79. The zero-order valence-electron chi connectivity index (χ0n) is 12.8. The predicted molar refractivity (Wildman–Crippen MR) is 93.6 cm³/mol. The van der Waals surface area contributed by atoms with Gasteiger partial charge >= 0.3 is 5.97 Å². The summed E-state index contributed by atoms with van der Waals surface area (Å²) in [5.41, 5.74) is 2.66. The van der Waals surface area contributed by atoms with Crippen molar-refractivity contribution >= 4 is 23.7 Å². The van der Waals surface area contributed by atoms with Gasteiger partial charge in [0.1, 0.15) is 5.57 Å². The molecule has 23 heavy (non-hydrogen) atoms. The van der Waals surface area contributed by atoms with Crippen LogP contribution in [0.1, 0.15) is 16.7 Å². The Morgan fingerprint density at radius 1 is 0.957 bits per heavy atom. The lowest BCUT2D eigenvalue weighted by Gasteiger charge is -2.06. The number of aliphatic carboxylic acids is 1. The zero-order valence-corrected chi connectivity index (χ0v) is 12.8. The Bertz CT molecular complexity index is 740. The van der Waals surface area contributed by atoms with Crippen LogP contribution in [0.4, 0.5) is 0 Å². The molecule has 0 atom stereocenters. The first-order chi connectivity index (χ1) is 11.2. The number of allylic oxidation sites excluding steroid dienone is 2. The Kier molecular flexibility index (Phi) is 5.95. The van der Waals surface area contributed by atoms with Gasteiger partial charge in [0.25, 0.3) is 0 Å².